The van der Waals surface area contributed by atoms with Crippen molar-refractivity contribution < 1.29 is 0 Å². The molecule has 0 aliphatic heterocycles. The third-order valence-electron chi connectivity index (χ3n) is 1.46. The second-order valence-electron chi connectivity index (χ2n) is 2.30. The molecule has 11 heavy (non-hydrogen) atoms. The van der Waals surface area contributed by atoms with Crippen molar-refractivity contribution >= 4 is 5.84 Å². The molecule has 0 saturated heterocycles. The molecule has 0 aromatic carbocycles. The number of nitrogens with one attached hydrogen (secondary N) is 1. The topological polar surface area (TPSA) is 24.4 Å². The van der Waals surface area contributed by atoms with E-state index in [2.05, 4.69) is 30.7 Å². The van der Waals surface area contributed by atoms with Crippen molar-refractivity contribution in [3.05, 3.63) is 24.4 Å². The number of amidine groups is 1. The van der Waals surface area contributed by atoms with Crippen LogP contribution in [0.4, 0.5) is 0 Å². The second kappa shape index (κ2) is 5.71. The van der Waals surface area contributed by atoms with Gasteiger partial charge < -0.3 is 5.32 Å². The maximum absolute atomic E-state index is 3.96. The zero-order chi connectivity index (χ0) is 8.69. The van der Waals surface area contributed by atoms with E-state index in [1.165, 1.54) is 5.57 Å². The van der Waals surface area contributed by atoms with Crippen molar-refractivity contribution in [1.29, 1.82) is 0 Å². The van der Waals surface area contributed by atoms with E-state index in [0.717, 1.165) is 12.3 Å². The van der Waals surface area contributed by atoms with E-state index >= 15 is 0 Å². The summed E-state index contributed by atoms with van der Waals surface area (Å²) < 4.78 is 0. The minimum Gasteiger partial charge on any atom is -0.347 e. The van der Waals surface area contributed by atoms with Crippen LogP contribution in [-0.4, -0.2) is 12.9 Å². The highest BCUT2D eigenvalue weighted by molar-refractivity contribution is 5.92. The average Bonchev–Trinajstić information content (AvgIpc) is 2.06. The molecular weight excluding hydrogens is 136 g/mol. The lowest BCUT2D eigenvalue weighted by Gasteiger charge is -1.99. The second-order valence-corrected chi connectivity index (χ2v) is 2.30. The Hall–Kier alpha value is -1.05. The lowest BCUT2D eigenvalue weighted by molar-refractivity contribution is 1.06. The molecule has 0 bridgehead atoms. The zero-order valence-corrected chi connectivity index (χ0v) is 7.52. The Kier molecular flexibility index (Phi) is 5.17. The smallest absolute Gasteiger partial charge is 0.123 e. The van der Waals surface area contributed by atoms with Gasteiger partial charge in [-0.05, 0) is 19.4 Å². The molecule has 0 radical (unpaired) electrons. The van der Waals surface area contributed by atoms with Crippen molar-refractivity contribution in [2.24, 2.45) is 4.99 Å². The van der Waals surface area contributed by atoms with Crippen LogP contribution in [0.5, 0.6) is 0 Å². The maximum Gasteiger partial charge on any atom is 0.123 e. The predicted octanol–water partition coefficient (Wildman–Crippen LogP) is 2.10. The van der Waals surface area contributed by atoms with Crippen molar-refractivity contribution in [3.63, 3.8) is 0 Å². The van der Waals surface area contributed by atoms with E-state index in [-0.39, 0.29) is 0 Å². The van der Waals surface area contributed by atoms with Crippen LogP contribution in [0.15, 0.2) is 29.4 Å². The Morgan fingerprint density at radius 1 is 1.64 bits per heavy atom. The first-order valence-corrected chi connectivity index (χ1v) is 3.76. The molecule has 62 valence electrons. The first-order valence-electron chi connectivity index (χ1n) is 3.76. The van der Waals surface area contributed by atoms with Gasteiger partial charge in [-0.15, -0.1) is 0 Å². The molecule has 0 atom stereocenters. The number of hydrogen-bond acceptors (Lipinski definition) is 1. The predicted molar refractivity (Wildman–Crippen MR) is 50.7 cm³/mol. The van der Waals surface area contributed by atoms with Gasteiger partial charge in [-0.1, -0.05) is 19.1 Å². The molecular formula is C9H16N2. The van der Waals surface area contributed by atoms with E-state index in [1.54, 1.807) is 13.1 Å². The van der Waals surface area contributed by atoms with E-state index in [0.29, 0.717) is 0 Å². The monoisotopic (exact) mass is 152 g/mol. The normalized spacial score (nSPS) is 13.0. The van der Waals surface area contributed by atoms with Gasteiger partial charge in [0.2, 0.25) is 0 Å². The standard InChI is InChI=1S/C9H16N2/c1-5-8(3)7-11-9(6-2)10-4/h6-7H,2,5H2,1,3-4H3,(H,10,11)/b8-7-. The van der Waals surface area contributed by atoms with Crippen molar-refractivity contribution in [1.82, 2.24) is 5.32 Å². The molecule has 0 fully saturated rings. The van der Waals surface area contributed by atoms with Crippen LogP contribution in [0, 0.1) is 0 Å². The molecule has 1 N–H and O–H groups in total. The summed E-state index contributed by atoms with van der Waals surface area (Å²) in [5, 5.41) is 3.04. The molecule has 0 aromatic heterocycles. The quantitative estimate of drug-likeness (QED) is 0.486. The Balaban J connectivity index is 3.95. The first kappa shape index (κ1) is 9.95. The molecule has 0 rings (SSSR count). The minimum absolute atomic E-state index is 0.804. The fraction of sp³-hybridized carbons (Fsp3) is 0.444. The third-order valence-corrected chi connectivity index (χ3v) is 1.46. The van der Waals surface area contributed by atoms with E-state index in [4.69, 9.17) is 0 Å². The largest absolute Gasteiger partial charge is 0.347 e. The summed E-state index contributed by atoms with van der Waals surface area (Å²) in [6.07, 6.45) is 4.70. The summed E-state index contributed by atoms with van der Waals surface area (Å²) in [6, 6.07) is 0. The third kappa shape index (κ3) is 4.37. The Morgan fingerprint density at radius 2 is 2.27 bits per heavy atom. The average molecular weight is 152 g/mol. The zero-order valence-electron chi connectivity index (χ0n) is 7.52. The van der Waals surface area contributed by atoms with Gasteiger partial charge >= 0.3 is 0 Å². The van der Waals surface area contributed by atoms with Gasteiger partial charge in [0.25, 0.3) is 0 Å². The number of aliphatic imine (C=N–C) groups is 1. The summed E-state index contributed by atoms with van der Waals surface area (Å²) in [5.74, 6) is 0.804. The number of hydrogen-bond donors (Lipinski definition) is 1. The van der Waals surface area contributed by atoms with Crippen molar-refractivity contribution in [2.45, 2.75) is 20.3 Å². The van der Waals surface area contributed by atoms with Crippen LogP contribution >= 0.6 is 0 Å². The van der Waals surface area contributed by atoms with E-state index in [1.807, 2.05) is 6.20 Å². The summed E-state index contributed by atoms with van der Waals surface area (Å²) in [5.41, 5.74) is 1.30. The van der Waals surface area contributed by atoms with Crippen LogP contribution in [0.3, 0.4) is 0 Å². The number of rotatable bonds is 3. The molecule has 2 nitrogen and oxygen atoms in total. The lowest BCUT2D eigenvalue weighted by atomic mass is 10.2. The van der Waals surface area contributed by atoms with Crippen molar-refractivity contribution in [3.8, 4) is 0 Å². The Labute approximate surface area is 68.7 Å². The van der Waals surface area contributed by atoms with Gasteiger partial charge in [0.05, 0.1) is 0 Å². The van der Waals surface area contributed by atoms with Crippen molar-refractivity contribution in [2.75, 3.05) is 7.05 Å². The molecule has 0 amide bonds. The minimum atomic E-state index is 0.804. The summed E-state index contributed by atoms with van der Waals surface area (Å²) >= 11 is 0. The van der Waals surface area contributed by atoms with Crippen LogP contribution in [0.2, 0.25) is 0 Å². The van der Waals surface area contributed by atoms with E-state index in [9.17, 15) is 0 Å². The fourth-order valence-corrected chi connectivity index (χ4v) is 0.514. The maximum atomic E-state index is 3.96. The van der Waals surface area contributed by atoms with Crippen LogP contribution in [0.25, 0.3) is 0 Å². The Bertz CT molecular complexity index is 178. The SMILES string of the molecule is C=CC(=NC)N/C=C(/C)CC. The molecule has 0 heterocycles. The summed E-state index contributed by atoms with van der Waals surface area (Å²) in [4.78, 5) is 3.96. The van der Waals surface area contributed by atoms with Crippen LogP contribution in [0.1, 0.15) is 20.3 Å². The molecule has 0 aliphatic rings. The van der Waals surface area contributed by atoms with Gasteiger partial charge in [0, 0.05) is 13.2 Å². The molecule has 0 saturated carbocycles. The Morgan fingerprint density at radius 3 is 2.64 bits per heavy atom. The number of allylic oxidation sites excluding steroid dienone is 1. The molecule has 0 aromatic rings. The highest BCUT2D eigenvalue weighted by Crippen LogP contribution is 1.94. The van der Waals surface area contributed by atoms with Gasteiger partial charge in [0.15, 0.2) is 0 Å². The molecule has 0 unspecified atom stereocenters. The summed E-state index contributed by atoms with van der Waals surface area (Å²) in [7, 11) is 1.74. The number of nitrogens with zero attached hydrogens (tertiary/aromatic N) is 1. The van der Waals surface area contributed by atoms with E-state index < -0.39 is 0 Å². The van der Waals surface area contributed by atoms with Crippen LogP contribution < -0.4 is 5.32 Å². The molecule has 0 aliphatic carbocycles. The van der Waals surface area contributed by atoms with Gasteiger partial charge in [-0.2, -0.15) is 0 Å². The highest BCUT2D eigenvalue weighted by atomic mass is 15.0. The highest BCUT2D eigenvalue weighted by Gasteiger charge is 1.86. The van der Waals surface area contributed by atoms with Gasteiger partial charge in [-0.25, -0.2) is 0 Å². The first-order chi connectivity index (χ1) is 5.24. The van der Waals surface area contributed by atoms with Gasteiger partial charge in [-0.3, -0.25) is 4.99 Å². The lowest BCUT2D eigenvalue weighted by Crippen LogP contribution is -2.14. The molecule has 2 heteroatoms. The summed E-state index contributed by atoms with van der Waals surface area (Å²) in [6.45, 7) is 7.80. The molecule has 0 spiro atoms. The fourth-order valence-electron chi connectivity index (χ4n) is 0.514. The van der Waals surface area contributed by atoms with Gasteiger partial charge in [0.1, 0.15) is 5.84 Å². The van der Waals surface area contributed by atoms with Crippen LogP contribution in [-0.2, 0) is 0 Å².